The number of anilines is 1. The lowest BCUT2D eigenvalue weighted by molar-refractivity contribution is -0.138. The zero-order valence-electron chi connectivity index (χ0n) is 14.6. The molecule has 0 aliphatic heterocycles. The fourth-order valence-electron chi connectivity index (χ4n) is 2.53. The van der Waals surface area contributed by atoms with Crippen LogP contribution in [0.15, 0.2) is 79.2 Å². The van der Waals surface area contributed by atoms with Crippen molar-refractivity contribution in [3.8, 4) is 0 Å². The van der Waals surface area contributed by atoms with E-state index in [1.54, 1.807) is 0 Å². The van der Waals surface area contributed by atoms with Gasteiger partial charge in [-0.15, -0.1) is 0 Å². The maximum Gasteiger partial charge on any atom is 0.416 e. The number of carbonyl (C=O) groups is 1. The summed E-state index contributed by atoms with van der Waals surface area (Å²) in [6, 6.07) is 8.44. The molecule has 1 amide bonds. The van der Waals surface area contributed by atoms with Crippen molar-refractivity contribution in [3.63, 3.8) is 0 Å². The first-order valence-corrected chi connectivity index (χ1v) is 8.06. The third kappa shape index (κ3) is 5.16. The molecule has 0 bridgehead atoms. The van der Waals surface area contributed by atoms with Gasteiger partial charge in [-0.3, -0.25) is 4.79 Å². The molecule has 146 valence electrons. The number of amides is 1. The summed E-state index contributed by atoms with van der Waals surface area (Å²) in [7, 11) is 0. The van der Waals surface area contributed by atoms with Gasteiger partial charge in [0.1, 0.15) is 11.6 Å². The molecule has 0 radical (unpaired) electrons. The average Bonchev–Trinajstić information content (AvgIpc) is 2.61. The Hall–Kier alpha value is -3.22. The molecular formula is C21H16F5NO. The van der Waals surface area contributed by atoms with Crippen LogP contribution in [0, 0.1) is 5.82 Å². The third-order valence-electron chi connectivity index (χ3n) is 3.84. The van der Waals surface area contributed by atoms with Crippen LogP contribution in [0.2, 0.25) is 0 Å². The van der Waals surface area contributed by atoms with Gasteiger partial charge in [-0.25, -0.2) is 8.78 Å². The van der Waals surface area contributed by atoms with E-state index in [1.807, 2.05) is 0 Å². The maximum absolute atomic E-state index is 14.4. The van der Waals surface area contributed by atoms with Crippen molar-refractivity contribution >= 4 is 11.6 Å². The fraction of sp³-hybridized carbons (Fsp3) is 0.0952. The molecule has 0 saturated heterocycles. The number of rotatable bonds is 6. The number of hydrogen-bond donors (Lipinski definition) is 1. The van der Waals surface area contributed by atoms with E-state index in [-0.39, 0.29) is 28.8 Å². The molecule has 0 atom stereocenters. The summed E-state index contributed by atoms with van der Waals surface area (Å²) in [5.74, 6) is -2.65. The molecule has 28 heavy (non-hydrogen) atoms. The Labute approximate surface area is 158 Å². The van der Waals surface area contributed by atoms with E-state index in [2.05, 4.69) is 18.5 Å². The number of carbonyl (C=O) groups excluding carboxylic acids is 1. The number of nitrogens with one attached hydrogen (secondary N) is 1. The molecule has 0 unspecified atom stereocenters. The summed E-state index contributed by atoms with van der Waals surface area (Å²) in [5.41, 5.74) is -1.25. The van der Waals surface area contributed by atoms with Crippen molar-refractivity contribution in [2.75, 3.05) is 5.32 Å². The summed E-state index contributed by atoms with van der Waals surface area (Å²) in [6.07, 6.45) is -2.53. The molecule has 2 rings (SSSR count). The zero-order chi connectivity index (χ0) is 20.9. The van der Waals surface area contributed by atoms with Crippen LogP contribution >= 0.6 is 0 Å². The predicted octanol–water partition coefficient (Wildman–Crippen LogP) is 5.97. The van der Waals surface area contributed by atoms with Crippen molar-refractivity contribution in [2.24, 2.45) is 0 Å². The van der Waals surface area contributed by atoms with Crippen molar-refractivity contribution in [1.82, 2.24) is 0 Å². The van der Waals surface area contributed by atoms with Crippen LogP contribution in [0.4, 0.5) is 27.6 Å². The van der Waals surface area contributed by atoms with Crippen LogP contribution in [0.1, 0.15) is 16.7 Å². The van der Waals surface area contributed by atoms with E-state index >= 15 is 0 Å². The Morgan fingerprint density at radius 3 is 2.36 bits per heavy atom. The van der Waals surface area contributed by atoms with Crippen LogP contribution in [0.3, 0.4) is 0 Å². The predicted molar refractivity (Wildman–Crippen MR) is 97.8 cm³/mol. The lowest BCUT2D eigenvalue weighted by Crippen LogP contribution is -2.15. The topological polar surface area (TPSA) is 29.1 Å². The zero-order valence-corrected chi connectivity index (χ0v) is 14.6. The first-order valence-electron chi connectivity index (χ1n) is 8.06. The molecule has 0 aliphatic carbocycles. The fourth-order valence-corrected chi connectivity index (χ4v) is 2.53. The van der Waals surface area contributed by atoms with Gasteiger partial charge in [-0.05, 0) is 35.4 Å². The van der Waals surface area contributed by atoms with Crippen LogP contribution in [0.25, 0.3) is 0 Å². The standard InChI is InChI=1S/C21H16F5NO/c1-3-6-17(13(2)22)20(28)27-16-10-9-15(19(23)12-16)11-14-7-4-5-8-18(14)21(24,25)26/h3-10,12H,1-2,11H2,(H,27,28)/b17-6+. The molecule has 2 aromatic carbocycles. The van der Waals surface area contributed by atoms with E-state index in [1.165, 1.54) is 36.4 Å². The summed E-state index contributed by atoms with van der Waals surface area (Å²) < 4.78 is 66.9. The first kappa shape index (κ1) is 21.1. The smallest absolute Gasteiger partial charge is 0.322 e. The van der Waals surface area contributed by atoms with Crippen molar-refractivity contribution in [2.45, 2.75) is 12.6 Å². The summed E-state index contributed by atoms with van der Waals surface area (Å²) in [6.45, 7) is 6.39. The van der Waals surface area contributed by atoms with E-state index < -0.39 is 29.3 Å². The van der Waals surface area contributed by atoms with Gasteiger partial charge in [-0.2, -0.15) is 13.2 Å². The highest BCUT2D eigenvalue weighted by molar-refractivity contribution is 6.06. The lowest BCUT2D eigenvalue weighted by atomic mass is 9.99. The molecule has 2 nitrogen and oxygen atoms in total. The molecule has 0 fully saturated rings. The van der Waals surface area contributed by atoms with Gasteiger partial charge < -0.3 is 5.32 Å². The van der Waals surface area contributed by atoms with E-state index in [9.17, 15) is 26.7 Å². The van der Waals surface area contributed by atoms with Crippen LogP contribution in [0.5, 0.6) is 0 Å². The van der Waals surface area contributed by atoms with E-state index in [0.29, 0.717) is 0 Å². The number of benzene rings is 2. The quantitative estimate of drug-likeness (QED) is 0.366. The maximum atomic E-state index is 14.4. The second-order valence-electron chi connectivity index (χ2n) is 5.81. The van der Waals surface area contributed by atoms with E-state index in [0.717, 1.165) is 18.2 Å². The van der Waals surface area contributed by atoms with Crippen molar-refractivity contribution in [1.29, 1.82) is 0 Å². The van der Waals surface area contributed by atoms with Gasteiger partial charge in [0.15, 0.2) is 0 Å². The highest BCUT2D eigenvalue weighted by atomic mass is 19.4. The number of alkyl halides is 3. The highest BCUT2D eigenvalue weighted by Crippen LogP contribution is 2.33. The van der Waals surface area contributed by atoms with Gasteiger partial charge in [0.25, 0.3) is 5.91 Å². The third-order valence-corrected chi connectivity index (χ3v) is 3.84. The Bertz CT molecular complexity index is 944. The van der Waals surface area contributed by atoms with Crippen molar-refractivity contribution in [3.05, 3.63) is 102 Å². The Kier molecular flexibility index (Phi) is 6.51. The van der Waals surface area contributed by atoms with Gasteiger partial charge in [0, 0.05) is 12.1 Å². The second-order valence-corrected chi connectivity index (χ2v) is 5.81. The SMILES string of the molecule is C=C/C=C(\C(=C)F)C(=O)Nc1ccc(Cc2ccccc2C(F)(F)F)c(F)c1. The molecule has 0 spiro atoms. The number of halogens is 5. The summed E-state index contributed by atoms with van der Waals surface area (Å²) >= 11 is 0. The van der Waals surface area contributed by atoms with Gasteiger partial charge in [-0.1, -0.05) is 43.5 Å². The number of allylic oxidation sites excluding steroid dienone is 2. The van der Waals surface area contributed by atoms with Crippen LogP contribution < -0.4 is 5.32 Å². The molecule has 7 heteroatoms. The molecule has 0 aliphatic rings. The monoisotopic (exact) mass is 393 g/mol. The molecular weight excluding hydrogens is 377 g/mol. The minimum Gasteiger partial charge on any atom is -0.322 e. The van der Waals surface area contributed by atoms with Crippen LogP contribution in [-0.4, -0.2) is 5.91 Å². The minimum absolute atomic E-state index is 0.0199. The second kappa shape index (κ2) is 8.65. The van der Waals surface area contributed by atoms with Crippen molar-refractivity contribution < 1.29 is 26.7 Å². The van der Waals surface area contributed by atoms with Gasteiger partial charge >= 0.3 is 6.18 Å². The Morgan fingerprint density at radius 2 is 1.79 bits per heavy atom. The van der Waals surface area contributed by atoms with E-state index in [4.69, 9.17) is 0 Å². The largest absolute Gasteiger partial charge is 0.416 e. The average molecular weight is 393 g/mol. The molecule has 1 N–H and O–H groups in total. The Balaban J connectivity index is 2.24. The lowest BCUT2D eigenvalue weighted by Gasteiger charge is -2.13. The number of hydrogen-bond acceptors (Lipinski definition) is 1. The first-order chi connectivity index (χ1) is 13.1. The normalized spacial score (nSPS) is 11.8. The molecule has 0 saturated carbocycles. The van der Waals surface area contributed by atoms with Gasteiger partial charge in [0.2, 0.25) is 0 Å². The Morgan fingerprint density at radius 1 is 1.11 bits per heavy atom. The molecule has 2 aromatic rings. The highest BCUT2D eigenvalue weighted by Gasteiger charge is 2.32. The van der Waals surface area contributed by atoms with Crippen LogP contribution in [-0.2, 0) is 17.4 Å². The molecule has 0 aromatic heterocycles. The molecule has 0 heterocycles. The minimum atomic E-state index is -4.55. The summed E-state index contributed by atoms with van der Waals surface area (Å²) in [5, 5.41) is 2.30. The summed E-state index contributed by atoms with van der Waals surface area (Å²) in [4.78, 5) is 12.0. The van der Waals surface area contributed by atoms with Gasteiger partial charge in [0.05, 0.1) is 11.1 Å².